The molecule has 34 heavy (non-hydrogen) atoms. The van der Waals surface area contributed by atoms with Gasteiger partial charge in [0.2, 0.25) is 5.91 Å². The topological polar surface area (TPSA) is 76.1 Å². The summed E-state index contributed by atoms with van der Waals surface area (Å²) < 4.78 is 12.5. The molecule has 1 aliphatic carbocycles. The molecule has 4 rings (SSSR count). The molecule has 1 heterocycles. The van der Waals surface area contributed by atoms with E-state index in [0.29, 0.717) is 32.1 Å². The van der Waals surface area contributed by atoms with E-state index in [9.17, 15) is 9.59 Å². The smallest absolute Gasteiger partial charge is 0.335 e. The van der Waals surface area contributed by atoms with Gasteiger partial charge in [-0.1, -0.05) is 0 Å². The number of carboxylic acid groups (broad SMARTS) is 1. The van der Waals surface area contributed by atoms with E-state index >= 15 is 0 Å². The molecule has 0 atom stereocenters. The van der Waals surface area contributed by atoms with E-state index < -0.39 is 5.97 Å². The van der Waals surface area contributed by atoms with Crippen LogP contribution in [0.15, 0.2) is 40.9 Å². The number of benzene rings is 2. The lowest BCUT2D eigenvalue weighted by Gasteiger charge is -2.36. The van der Waals surface area contributed by atoms with Crippen molar-refractivity contribution in [2.45, 2.75) is 52.4 Å². The van der Waals surface area contributed by atoms with Crippen LogP contribution in [0.4, 0.5) is 5.69 Å². The summed E-state index contributed by atoms with van der Waals surface area (Å²) in [6.45, 7) is 5.87. The second kappa shape index (κ2) is 10.4. The molecule has 1 N–H and O–H groups in total. The minimum Gasteiger partial charge on any atom is -0.493 e. The molecular weight excluding hydrogens is 498 g/mol. The Kier molecular flexibility index (Phi) is 7.51. The summed E-state index contributed by atoms with van der Waals surface area (Å²) in [7, 11) is 0. The monoisotopic (exact) mass is 529 g/mol. The molecular formula is C27H32BrNO5. The van der Waals surface area contributed by atoms with E-state index in [2.05, 4.69) is 28.1 Å². The molecule has 2 aliphatic rings. The summed E-state index contributed by atoms with van der Waals surface area (Å²) in [6, 6.07) is 10.8. The van der Waals surface area contributed by atoms with Gasteiger partial charge in [0.1, 0.15) is 16.0 Å². The predicted octanol–water partition coefficient (Wildman–Crippen LogP) is 6.10. The first-order chi connectivity index (χ1) is 16.3. The van der Waals surface area contributed by atoms with Gasteiger partial charge in [-0.15, -0.1) is 0 Å². The van der Waals surface area contributed by atoms with E-state index in [1.165, 1.54) is 5.56 Å². The summed E-state index contributed by atoms with van der Waals surface area (Å²) in [6.07, 6.45) is 5.77. The number of hydrogen-bond donors (Lipinski definition) is 1. The molecule has 0 radical (unpaired) electrons. The fourth-order valence-corrected chi connectivity index (χ4v) is 5.80. The normalized spacial score (nSPS) is 22.3. The molecule has 7 heteroatoms. The second-order valence-corrected chi connectivity index (χ2v) is 10.2. The molecule has 182 valence electrons. The maximum absolute atomic E-state index is 12.8. The Bertz CT molecular complexity index is 1020. The highest BCUT2D eigenvalue weighted by Gasteiger charge is 2.45. The van der Waals surface area contributed by atoms with Gasteiger partial charge in [-0.25, -0.2) is 4.79 Å². The highest BCUT2D eigenvalue weighted by molar-refractivity contribution is 9.10. The Balaban J connectivity index is 1.40. The highest BCUT2D eigenvalue weighted by Crippen LogP contribution is 2.48. The number of carboxylic acids is 1. The average Bonchev–Trinajstić information content (AvgIpc) is 3.14. The first-order valence-corrected chi connectivity index (χ1v) is 12.8. The van der Waals surface area contributed by atoms with Crippen LogP contribution in [0.1, 0.15) is 61.9 Å². The van der Waals surface area contributed by atoms with E-state index in [1.807, 2.05) is 18.7 Å². The number of hydrogen-bond acceptors (Lipinski definition) is 4. The van der Waals surface area contributed by atoms with Crippen LogP contribution in [0.5, 0.6) is 11.5 Å². The average molecular weight is 530 g/mol. The molecule has 0 unspecified atom stereocenters. The molecule has 1 saturated heterocycles. The third kappa shape index (κ3) is 5.24. The summed E-state index contributed by atoms with van der Waals surface area (Å²) >= 11 is 3.61. The zero-order chi connectivity index (χ0) is 24.3. The van der Waals surface area contributed by atoms with Gasteiger partial charge in [-0.3, -0.25) is 4.79 Å². The Labute approximate surface area is 209 Å². The maximum atomic E-state index is 12.8. The second-order valence-electron chi connectivity index (χ2n) is 9.43. The number of aromatic carboxylic acids is 1. The zero-order valence-electron chi connectivity index (χ0n) is 19.8. The summed E-state index contributed by atoms with van der Waals surface area (Å²) in [5.74, 6) is 1.39. The maximum Gasteiger partial charge on any atom is 0.335 e. The van der Waals surface area contributed by atoms with Crippen molar-refractivity contribution in [3.05, 3.63) is 52.0 Å². The number of rotatable bonds is 8. The molecule has 0 aromatic heterocycles. The number of nitrogens with zero attached hydrogens (tertiary/aromatic N) is 1. The van der Waals surface area contributed by atoms with Gasteiger partial charge in [-0.2, -0.15) is 0 Å². The van der Waals surface area contributed by atoms with Crippen LogP contribution >= 0.6 is 15.9 Å². The molecule has 6 nitrogen and oxygen atoms in total. The molecule has 2 aromatic rings. The van der Waals surface area contributed by atoms with Crippen LogP contribution in [0.25, 0.3) is 0 Å². The lowest BCUT2D eigenvalue weighted by Crippen LogP contribution is -2.32. The minimum absolute atomic E-state index is 0.0196. The lowest BCUT2D eigenvalue weighted by molar-refractivity contribution is -0.118. The molecule has 1 spiro atoms. The summed E-state index contributed by atoms with van der Waals surface area (Å²) in [4.78, 5) is 25.8. The zero-order valence-corrected chi connectivity index (χ0v) is 21.4. The van der Waals surface area contributed by atoms with E-state index in [0.717, 1.165) is 53.8 Å². The Morgan fingerprint density at radius 2 is 1.68 bits per heavy atom. The standard InChI is InChI=1S/C27H32BrNO5/c1-3-33-22-14-19(15-23(25(22)28)34-4-2)13-18-9-11-27(12-10-18)16-24(30)29(17-27)21-7-5-20(6-8-21)26(31)32/h5-8,14-15,18H,3-4,9-13,16-17H2,1-2H3,(H,31,32). The van der Waals surface area contributed by atoms with Gasteiger partial charge in [0.15, 0.2) is 0 Å². The third-order valence-electron chi connectivity index (χ3n) is 7.10. The number of amides is 1. The number of ether oxygens (including phenoxy) is 2. The van der Waals surface area contributed by atoms with Crippen molar-refractivity contribution in [1.82, 2.24) is 0 Å². The molecule has 1 amide bonds. The van der Waals surface area contributed by atoms with Crippen molar-refractivity contribution in [3.8, 4) is 11.5 Å². The molecule has 1 saturated carbocycles. The Hall–Kier alpha value is -2.54. The molecule has 2 aromatic carbocycles. The summed E-state index contributed by atoms with van der Waals surface area (Å²) in [5, 5.41) is 9.12. The summed E-state index contributed by atoms with van der Waals surface area (Å²) in [5.41, 5.74) is 2.26. The fourth-order valence-electron chi connectivity index (χ4n) is 5.34. The SMILES string of the molecule is CCOc1cc(CC2CCC3(CC2)CC(=O)N(c2ccc(C(=O)O)cc2)C3)cc(OCC)c1Br. The Morgan fingerprint density at radius 1 is 1.09 bits per heavy atom. The third-order valence-corrected chi connectivity index (χ3v) is 7.88. The van der Waals surface area contributed by atoms with Gasteiger partial charge in [-0.05, 0) is 115 Å². The molecule has 1 aliphatic heterocycles. The van der Waals surface area contributed by atoms with Gasteiger partial charge >= 0.3 is 5.97 Å². The number of carbonyl (C=O) groups is 2. The largest absolute Gasteiger partial charge is 0.493 e. The van der Waals surface area contributed by atoms with Crippen LogP contribution in [-0.4, -0.2) is 36.7 Å². The first-order valence-electron chi connectivity index (χ1n) is 12.1. The van der Waals surface area contributed by atoms with Crippen molar-refractivity contribution in [3.63, 3.8) is 0 Å². The van der Waals surface area contributed by atoms with Crippen LogP contribution in [0.3, 0.4) is 0 Å². The van der Waals surface area contributed by atoms with E-state index in [4.69, 9.17) is 14.6 Å². The van der Waals surface area contributed by atoms with Crippen molar-refractivity contribution in [1.29, 1.82) is 0 Å². The van der Waals surface area contributed by atoms with Crippen LogP contribution < -0.4 is 14.4 Å². The van der Waals surface area contributed by atoms with Crippen molar-refractivity contribution in [2.75, 3.05) is 24.7 Å². The van der Waals surface area contributed by atoms with Crippen LogP contribution in [0.2, 0.25) is 0 Å². The highest BCUT2D eigenvalue weighted by atomic mass is 79.9. The van der Waals surface area contributed by atoms with E-state index in [1.54, 1.807) is 24.3 Å². The number of halogens is 1. The van der Waals surface area contributed by atoms with Crippen molar-refractivity contribution < 1.29 is 24.2 Å². The fraction of sp³-hybridized carbons (Fsp3) is 0.481. The van der Waals surface area contributed by atoms with Gasteiger partial charge in [0.25, 0.3) is 0 Å². The lowest BCUT2D eigenvalue weighted by atomic mass is 9.69. The van der Waals surface area contributed by atoms with Crippen LogP contribution in [0, 0.1) is 11.3 Å². The Morgan fingerprint density at radius 3 is 2.21 bits per heavy atom. The number of anilines is 1. The predicted molar refractivity (Wildman–Crippen MR) is 135 cm³/mol. The van der Waals surface area contributed by atoms with E-state index in [-0.39, 0.29) is 16.9 Å². The first kappa shape index (κ1) is 24.6. The minimum atomic E-state index is -0.957. The quantitative estimate of drug-likeness (QED) is 0.447. The van der Waals surface area contributed by atoms with Crippen molar-refractivity contribution in [2.24, 2.45) is 11.3 Å². The van der Waals surface area contributed by atoms with Crippen LogP contribution in [-0.2, 0) is 11.2 Å². The number of carbonyl (C=O) groups excluding carboxylic acids is 1. The molecule has 0 bridgehead atoms. The van der Waals surface area contributed by atoms with Crippen molar-refractivity contribution >= 4 is 33.5 Å². The van der Waals surface area contributed by atoms with Gasteiger partial charge in [0, 0.05) is 18.7 Å². The van der Waals surface area contributed by atoms with Gasteiger partial charge < -0.3 is 19.5 Å². The molecule has 2 fully saturated rings. The van der Waals surface area contributed by atoms with Gasteiger partial charge in [0.05, 0.1) is 18.8 Å².